The van der Waals surface area contributed by atoms with Gasteiger partial charge in [-0.3, -0.25) is 9.55 Å². The lowest BCUT2D eigenvalue weighted by atomic mass is 10.2. The molecule has 5 rings (SSSR count). The molecule has 0 saturated carbocycles. The highest BCUT2D eigenvalue weighted by Crippen LogP contribution is 2.32. The zero-order valence-electron chi connectivity index (χ0n) is 18.3. The summed E-state index contributed by atoms with van der Waals surface area (Å²) in [5, 5.41) is 9.39. The number of benzene rings is 1. The van der Waals surface area contributed by atoms with E-state index in [-0.39, 0.29) is 6.61 Å². The van der Waals surface area contributed by atoms with Gasteiger partial charge in [0.1, 0.15) is 17.2 Å². The Labute approximate surface area is 190 Å². The van der Waals surface area contributed by atoms with Crippen molar-refractivity contribution in [2.45, 2.75) is 20.5 Å². The summed E-state index contributed by atoms with van der Waals surface area (Å²) in [6.45, 7) is 3.94. The van der Waals surface area contributed by atoms with Crippen molar-refractivity contribution >= 4 is 17.0 Å². The van der Waals surface area contributed by atoms with Crippen molar-refractivity contribution in [3.63, 3.8) is 0 Å². The Morgan fingerprint density at radius 3 is 2.42 bits per heavy atom. The molecule has 0 unspecified atom stereocenters. The van der Waals surface area contributed by atoms with Crippen molar-refractivity contribution in [1.29, 1.82) is 0 Å². The largest absolute Gasteiger partial charge is 0.392 e. The first kappa shape index (κ1) is 22.0. The quantitative estimate of drug-likeness (QED) is 0.415. The minimum Gasteiger partial charge on any atom is -0.392 e. The van der Waals surface area contributed by atoms with Gasteiger partial charge in [0.15, 0.2) is 11.5 Å². The van der Waals surface area contributed by atoms with E-state index < -0.39 is 5.82 Å². The number of nitrogens with two attached hydrogens (primary N) is 1. The topological polar surface area (TPSA) is 103 Å². The smallest absolute Gasteiger partial charge is 0.165 e. The van der Waals surface area contributed by atoms with Crippen LogP contribution < -0.4 is 5.73 Å². The van der Waals surface area contributed by atoms with Gasteiger partial charge >= 0.3 is 0 Å². The number of anilines is 1. The highest BCUT2D eigenvalue weighted by Gasteiger charge is 2.19. The van der Waals surface area contributed by atoms with Crippen molar-refractivity contribution in [3.05, 3.63) is 84.6 Å². The molecule has 33 heavy (non-hydrogen) atoms. The number of rotatable bonds is 4. The second kappa shape index (κ2) is 9.54. The van der Waals surface area contributed by atoms with Crippen LogP contribution in [0.25, 0.3) is 39.5 Å². The molecule has 4 heterocycles. The Balaban J connectivity index is 0.00000126. The molecule has 0 amide bonds. The molecule has 0 aliphatic heterocycles. The number of aliphatic hydroxyl groups excluding tert-OH is 1. The number of pyridine rings is 3. The summed E-state index contributed by atoms with van der Waals surface area (Å²) in [5.74, 6) is 0.496. The second-order valence-corrected chi connectivity index (χ2v) is 6.93. The third kappa shape index (κ3) is 4.16. The lowest BCUT2D eigenvalue weighted by Crippen LogP contribution is -2.02. The van der Waals surface area contributed by atoms with E-state index in [2.05, 4.69) is 9.97 Å². The fourth-order valence-corrected chi connectivity index (χ4v) is 3.46. The maximum absolute atomic E-state index is 14.4. The van der Waals surface area contributed by atoms with E-state index in [9.17, 15) is 9.50 Å². The molecule has 166 valence electrons. The van der Waals surface area contributed by atoms with Gasteiger partial charge in [-0.2, -0.15) is 0 Å². The summed E-state index contributed by atoms with van der Waals surface area (Å²) in [7, 11) is 0. The summed E-state index contributed by atoms with van der Waals surface area (Å²) >= 11 is 0. The minimum atomic E-state index is -0.406. The Morgan fingerprint density at radius 1 is 0.939 bits per heavy atom. The van der Waals surface area contributed by atoms with Crippen LogP contribution >= 0.6 is 0 Å². The second-order valence-electron chi connectivity index (χ2n) is 6.93. The first-order valence-electron chi connectivity index (χ1n) is 10.6. The molecule has 7 nitrogen and oxygen atoms in total. The lowest BCUT2D eigenvalue weighted by molar-refractivity contribution is 0.282. The molecule has 1 aromatic carbocycles. The Bertz CT molecular complexity index is 1400. The third-order valence-electron chi connectivity index (χ3n) is 5.00. The number of imidazole rings is 1. The van der Waals surface area contributed by atoms with Gasteiger partial charge in [-0.05, 0) is 48.0 Å². The van der Waals surface area contributed by atoms with E-state index in [0.717, 1.165) is 11.3 Å². The van der Waals surface area contributed by atoms with Crippen LogP contribution in [0.5, 0.6) is 0 Å². The van der Waals surface area contributed by atoms with Crippen LogP contribution in [0.1, 0.15) is 19.4 Å². The molecule has 0 atom stereocenters. The predicted octanol–water partition coefficient (Wildman–Crippen LogP) is 4.78. The fourth-order valence-electron chi connectivity index (χ4n) is 3.46. The van der Waals surface area contributed by atoms with Crippen LogP contribution in [-0.2, 0) is 6.61 Å². The summed E-state index contributed by atoms with van der Waals surface area (Å²) in [6, 6.07) is 15.8. The van der Waals surface area contributed by atoms with E-state index in [4.69, 9.17) is 15.7 Å². The van der Waals surface area contributed by atoms with Gasteiger partial charge in [-0.25, -0.2) is 19.3 Å². The molecule has 0 bridgehead atoms. The van der Waals surface area contributed by atoms with Crippen LogP contribution in [0.2, 0.25) is 0 Å². The number of halogens is 1. The maximum atomic E-state index is 14.4. The zero-order chi connectivity index (χ0) is 23.4. The van der Waals surface area contributed by atoms with Crippen LogP contribution in [0.4, 0.5) is 10.2 Å². The number of aliphatic hydroxyl groups is 1. The average molecular weight is 442 g/mol. The Kier molecular flexibility index (Phi) is 6.37. The molecule has 0 aliphatic carbocycles. The summed E-state index contributed by atoms with van der Waals surface area (Å²) in [6.07, 6.45) is 4.46. The van der Waals surface area contributed by atoms with E-state index in [1.165, 1.54) is 18.5 Å². The van der Waals surface area contributed by atoms with Crippen LogP contribution in [-0.4, -0.2) is 29.6 Å². The van der Waals surface area contributed by atoms with Gasteiger partial charge < -0.3 is 10.8 Å². The molecule has 0 spiro atoms. The molecule has 8 heteroatoms. The predicted molar refractivity (Wildman–Crippen MR) is 127 cm³/mol. The molecule has 0 saturated heterocycles. The zero-order valence-corrected chi connectivity index (χ0v) is 18.3. The minimum absolute atomic E-state index is 0.0595. The molecule has 5 aromatic rings. The summed E-state index contributed by atoms with van der Waals surface area (Å²) in [4.78, 5) is 17.6. The van der Waals surface area contributed by atoms with Crippen LogP contribution in [0.3, 0.4) is 0 Å². The first-order chi connectivity index (χ1) is 16.2. The van der Waals surface area contributed by atoms with Crippen molar-refractivity contribution in [2.75, 3.05) is 5.73 Å². The maximum Gasteiger partial charge on any atom is 0.165 e. The Hall–Kier alpha value is -4.17. The van der Waals surface area contributed by atoms with Crippen molar-refractivity contribution in [1.82, 2.24) is 24.5 Å². The molecular formula is C25H23FN6O. The van der Waals surface area contributed by atoms with E-state index in [1.54, 1.807) is 24.4 Å². The van der Waals surface area contributed by atoms with Crippen molar-refractivity contribution in [2.24, 2.45) is 0 Å². The number of hydrogen-bond donors (Lipinski definition) is 2. The van der Waals surface area contributed by atoms with Gasteiger partial charge in [0.2, 0.25) is 0 Å². The van der Waals surface area contributed by atoms with E-state index in [0.29, 0.717) is 39.6 Å². The average Bonchev–Trinajstić information content (AvgIpc) is 3.24. The fraction of sp³-hybridized carbons (Fsp3) is 0.120. The summed E-state index contributed by atoms with van der Waals surface area (Å²) in [5.41, 5.74) is 10.2. The van der Waals surface area contributed by atoms with E-state index in [1.807, 2.05) is 48.7 Å². The summed E-state index contributed by atoms with van der Waals surface area (Å²) < 4.78 is 16.2. The molecule has 0 aliphatic rings. The van der Waals surface area contributed by atoms with Crippen molar-refractivity contribution in [3.8, 4) is 28.3 Å². The van der Waals surface area contributed by atoms with Crippen LogP contribution in [0.15, 0.2) is 73.2 Å². The monoisotopic (exact) mass is 442 g/mol. The SMILES string of the molecule is CC.Nc1ncccc1-c1nc2ccc(-c3cnccc3F)nc2n1-c1ccc(CO)cc1. The highest BCUT2D eigenvalue weighted by molar-refractivity contribution is 5.84. The van der Waals surface area contributed by atoms with E-state index >= 15 is 0 Å². The Morgan fingerprint density at radius 2 is 1.73 bits per heavy atom. The highest BCUT2D eigenvalue weighted by atomic mass is 19.1. The van der Waals surface area contributed by atoms with Crippen molar-refractivity contribution < 1.29 is 9.50 Å². The van der Waals surface area contributed by atoms with Gasteiger partial charge in [0.05, 0.1) is 23.4 Å². The van der Waals surface area contributed by atoms with Gasteiger partial charge in [-0.1, -0.05) is 26.0 Å². The third-order valence-corrected chi connectivity index (χ3v) is 5.00. The normalized spacial score (nSPS) is 10.7. The van der Waals surface area contributed by atoms with Gasteiger partial charge in [0.25, 0.3) is 0 Å². The number of aromatic nitrogens is 5. The molecular weight excluding hydrogens is 419 g/mol. The number of nitrogens with zero attached hydrogens (tertiary/aromatic N) is 5. The molecule has 3 N–H and O–H groups in total. The number of hydrogen-bond acceptors (Lipinski definition) is 6. The standard InChI is InChI=1S/C23H17FN6O.C2H6/c24-18-9-11-26-12-17(18)19-7-8-20-23(28-19)30(15-5-3-14(13-31)4-6-15)22(29-20)16-2-1-10-27-21(16)25;1-2/h1-12,31H,13H2,(H2,25,27);1-2H3. The molecule has 0 fully saturated rings. The molecule has 0 radical (unpaired) electrons. The van der Waals surface area contributed by atoms with Gasteiger partial charge in [0, 0.05) is 24.3 Å². The lowest BCUT2D eigenvalue weighted by Gasteiger charge is -2.11. The first-order valence-corrected chi connectivity index (χ1v) is 10.6. The van der Waals surface area contributed by atoms with Gasteiger partial charge in [-0.15, -0.1) is 0 Å². The number of fused-ring (bicyclic) bond motifs is 1. The molecule has 4 aromatic heterocycles. The van der Waals surface area contributed by atoms with Crippen LogP contribution in [0, 0.1) is 5.82 Å². The number of nitrogen functional groups attached to an aromatic ring is 1.